The van der Waals surface area contributed by atoms with Crippen LogP contribution < -0.4 is 0 Å². The van der Waals surface area contributed by atoms with E-state index in [4.69, 9.17) is 0 Å². The first-order valence-electron chi connectivity index (χ1n) is 4.23. The molecule has 1 aliphatic carbocycles. The maximum Gasteiger partial charge on any atom is 0.145 e. The minimum absolute atomic E-state index is 0.209. The highest BCUT2D eigenvalue weighted by Gasteiger charge is 2.53. The minimum Gasteiger partial charge on any atom is -0.374 e. The van der Waals surface area contributed by atoms with E-state index in [1.54, 1.807) is 11.8 Å². The van der Waals surface area contributed by atoms with Crippen molar-refractivity contribution in [3.63, 3.8) is 0 Å². The van der Waals surface area contributed by atoms with Crippen LogP contribution in [0.25, 0.3) is 0 Å². The molecule has 12 heavy (non-hydrogen) atoms. The molecule has 0 saturated carbocycles. The van der Waals surface area contributed by atoms with Gasteiger partial charge in [0.25, 0.3) is 0 Å². The van der Waals surface area contributed by atoms with Crippen LogP contribution in [0.15, 0.2) is 23.8 Å². The van der Waals surface area contributed by atoms with Crippen LogP contribution >= 0.6 is 11.8 Å². The average molecular weight is 182 g/mol. The largest absolute Gasteiger partial charge is 0.374 e. The Bertz CT molecular complexity index is 272. The van der Waals surface area contributed by atoms with Crippen LogP contribution in [0.3, 0.4) is 0 Å². The molecule has 1 nitrogen and oxygen atoms in total. The summed E-state index contributed by atoms with van der Waals surface area (Å²) >= 11 is 1.61. The molecule has 1 aliphatic heterocycles. The van der Waals surface area contributed by atoms with Crippen LogP contribution in [0.2, 0.25) is 0 Å². The second-order valence-electron chi connectivity index (χ2n) is 4.50. The van der Waals surface area contributed by atoms with E-state index in [0.29, 0.717) is 5.25 Å². The third kappa shape index (κ3) is 1.23. The summed E-state index contributed by atoms with van der Waals surface area (Å²) in [5.74, 6) is 0. The minimum atomic E-state index is -0.547. The van der Waals surface area contributed by atoms with Gasteiger partial charge in [-0.05, 0) is 17.1 Å². The average Bonchev–Trinajstić information content (AvgIpc) is 2.56. The van der Waals surface area contributed by atoms with Crippen LogP contribution in [-0.2, 0) is 0 Å². The van der Waals surface area contributed by atoms with E-state index in [1.807, 2.05) is 6.08 Å². The van der Waals surface area contributed by atoms with Gasteiger partial charge < -0.3 is 5.11 Å². The van der Waals surface area contributed by atoms with Crippen molar-refractivity contribution >= 4 is 11.8 Å². The molecule has 66 valence electrons. The van der Waals surface area contributed by atoms with E-state index in [2.05, 4.69) is 32.9 Å². The molecule has 0 aromatic rings. The summed E-state index contributed by atoms with van der Waals surface area (Å²) in [7, 11) is 0. The number of hydrogen-bond acceptors (Lipinski definition) is 2. The molecule has 1 fully saturated rings. The Morgan fingerprint density at radius 3 is 2.67 bits per heavy atom. The number of allylic oxidation sites excluding steroid dienone is 2. The van der Waals surface area contributed by atoms with Crippen molar-refractivity contribution in [1.29, 1.82) is 0 Å². The smallest absolute Gasteiger partial charge is 0.145 e. The van der Waals surface area contributed by atoms with Crippen molar-refractivity contribution in [3.8, 4) is 0 Å². The second-order valence-corrected chi connectivity index (χ2v) is 5.89. The number of fused-ring (bicyclic) bond motifs is 1. The zero-order valence-corrected chi connectivity index (χ0v) is 8.48. The lowest BCUT2D eigenvalue weighted by Gasteiger charge is -2.22. The molecule has 2 unspecified atom stereocenters. The first-order valence-corrected chi connectivity index (χ1v) is 5.11. The summed E-state index contributed by atoms with van der Waals surface area (Å²) in [4.78, 5) is -0.547. The van der Waals surface area contributed by atoms with Gasteiger partial charge in [0.15, 0.2) is 0 Å². The summed E-state index contributed by atoms with van der Waals surface area (Å²) in [6.07, 6.45) is 6.16. The lowest BCUT2D eigenvalue weighted by atomic mass is 9.83. The molecule has 0 aromatic carbocycles. The quantitative estimate of drug-likeness (QED) is 0.580. The molecule has 1 N–H and O–H groups in total. The highest BCUT2D eigenvalue weighted by Crippen LogP contribution is 2.56. The van der Waals surface area contributed by atoms with Gasteiger partial charge in [-0.25, -0.2) is 0 Å². The van der Waals surface area contributed by atoms with Gasteiger partial charge >= 0.3 is 0 Å². The molecule has 0 bridgehead atoms. The molecule has 0 spiro atoms. The molecule has 0 amide bonds. The molecule has 2 aliphatic rings. The van der Waals surface area contributed by atoms with E-state index in [0.717, 1.165) is 0 Å². The van der Waals surface area contributed by atoms with Gasteiger partial charge in [0, 0.05) is 0 Å². The highest BCUT2D eigenvalue weighted by molar-refractivity contribution is 8.08. The van der Waals surface area contributed by atoms with Crippen molar-refractivity contribution in [1.82, 2.24) is 0 Å². The highest BCUT2D eigenvalue weighted by atomic mass is 32.2. The monoisotopic (exact) mass is 182 g/mol. The van der Waals surface area contributed by atoms with Gasteiger partial charge in [-0.1, -0.05) is 32.9 Å². The maximum absolute atomic E-state index is 9.66. The van der Waals surface area contributed by atoms with Crippen LogP contribution in [-0.4, -0.2) is 15.3 Å². The molecule has 2 atom stereocenters. The van der Waals surface area contributed by atoms with E-state index in [9.17, 15) is 5.11 Å². The fourth-order valence-corrected chi connectivity index (χ4v) is 2.23. The predicted molar refractivity (Wildman–Crippen MR) is 53.0 cm³/mol. The van der Waals surface area contributed by atoms with E-state index < -0.39 is 4.93 Å². The fraction of sp³-hybridized carbons (Fsp3) is 0.600. The second kappa shape index (κ2) is 2.18. The lowest BCUT2D eigenvalue weighted by molar-refractivity contribution is 0.227. The van der Waals surface area contributed by atoms with Crippen molar-refractivity contribution < 1.29 is 5.11 Å². The van der Waals surface area contributed by atoms with Gasteiger partial charge in [0.1, 0.15) is 4.93 Å². The predicted octanol–water partition coefficient (Wildman–Crippen LogP) is 2.33. The Labute approximate surface area is 77.6 Å². The number of aliphatic hydroxyl groups is 1. The first kappa shape index (κ1) is 8.39. The first-order chi connectivity index (χ1) is 5.42. The van der Waals surface area contributed by atoms with E-state index in [-0.39, 0.29) is 5.41 Å². The van der Waals surface area contributed by atoms with Gasteiger partial charge in [-0.3, -0.25) is 0 Å². The van der Waals surface area contributed by atoms with Crippen molar-refractivity contribution in [2.24, 2.45) is 5.41 Å². The Morgan fingerprint density at radius 1 is 1.50 bits per heavy atom. The summed E-state index contributed by atoms with van der Waals surface area (Å²) < 4.78 is 0. The number of thioether (sulfide) groups is 1. The molecule has 2 rings (SSSR count). The van der Waals surface area contributed by atoms with Crippen molar-refractivity contribution in [3.05, 3.63) is 23.8 Å². The van der Waals surface area contributed by atoms with Crippen LogP contribution in [0, 0.1) is 5.41 Å². The normalized spacial score (nSPS) is 39.0. The number of hydrogen-bond donors (Lipinski definition) is 1. The van der Waals surface area contributed by atoms with Gasteiger partial charge in [-0.2, -0.15) is 0 Å². The Kier molecular flexibility index (Phi) is 1.52. The third-order valence-electron chi connectivity index (χ3n) is 2.36. The van der Waals surface area contributed by atoms with Gasteiger partial charge in [0.2, 0.25) is 0 Å². The maximum atomic E-state index is 9.66. The van der Waals surface area contributed by atoms with Crippen molar-refractivity contribution in [2.75, 3.05) is 0 Å². The van der Waals surface area contributed by atoms with Gasteiger partial charge in [-0.15, -0.1) is 11.8 Å². The Hall–Kier alpha value is -0.210. The van der Waals surface area contributed by atoms with E-state index >= 15 is 0 Å². The van der Waals surface area contributed by atoms with Crippen LogP contribution in [0.1, 0.15) is 20.8 Å². The zero-order chi connectivity index (χ0) is 8.98. The number of rotatable bonds is 0. The lowest BCUT2D eigenvalue weighted by Crippen LogP contribution is -2.16. The Morgan fingerprint density at radius 2 is 2.17 bits per heavy atom. The molecule has 2 heteroatoms. The van der Waals surface area contributed by atoms with Crippen molar-refractivity contribution in [2.45, 2.75) is 31.0 Å². The molecule has 0 radical (unpaired) electrons. The zero-order valence-electron chi connectivity index (χ0n) is 7.66. The molecular formula is C10H14OS. The summed E-state index contributed by atoms with van der Waals surface area (Å²) in [6, 6.07) is 0. The Balaban J connectivity index is 2.24. The molecule has 1 saturated heterocycles. The molecule has 1 heterocycles. The SMILES string of the molecule is CC(C)(C)C1=CC2SC2(O)C=C1. The fourth-order valence-electron chi connectivity index (χ4n) is 1.38. The third-order valence-corrected chi connectivity index (χ3v) is 3.63. The topological polar surface area (TPSA) is 20.2 Å². The molecular weight excluding hydrogens is 168 g/mol. The molecule has 0 aromatic heterocycles. The summed E-state index contributed by atoms with van der Waals surface area (Å²) in [6.45, 7) is 6.59. The standard InChI is InChI=1S/C10H14OS/c1-9(2,3)7-4-5-10(11)8(6-7)12-10/h4-6,8,11H,1-3H3. The van der Waals surface area contributed by atoms with Crippen LogP contribution in [0.4, 0.5) is 0 Å². The summed E-state index contributed by atoms with van der Waals surface area (Å²) in [5.41, 5.74) is 1.54. The van der Waals surface area contributed by atoms with Gasteiger partial charge in [0.05, 0.1) is 5.25 Å². The van der Waals surface area contributed by atoms with Crippen LogP contribution in [0.5, 0.6) is 0 Å². The summed E-state index contributed by atoms with van der Waals surface area (Å²) in [5, 5.41) is 9.98. The van der Waals surface area contributed by atoms with E-state index in [1.165, 1.54) is 5.57 Å².